The number of rotatable bonds is 2. The Kier molecular flexibility index (Phi) is 3.33. The Labute approximate surface area is 93.2 Å². The van der Waals surface area contributed by atoms with E-state index in [2.05, 4.69) is 31.1 Å². The molecule has 0 bridgehead atoms. The van der Waals surface area contributed by atoms with Gasteiger partial charge >= 0.3 is 0 Å². The Morgan fingerprint density at radius 1 is 1.33 bits per heavy atom. The highest BCUT2D eigenvalue weighted by Crippen LogP contribution is 2.35. The molecule has 0 aliphatic carbocycles. The maximum Gasteiger partial charge on any atom is 0.0723 e. The second kappa shape index (κ2) is 4.40. The molecule has 1 unspecified atom stereocenters. The molecule has 0 amide bonds. The van der Waals surface area contributed by atoms with E-state index in [1.807, 2.05) is 0 Å². The second-order valence-electron chi connectivity index (χ2n) is 5.52. The van der Waals surface area contributed by atoms with E-state index >= 15 is 0 Å². The molecule has 2 aliphatic rings. The van der Waals surface area contributed by atoms with Crippen LogP contribution in [-0.4, -0.2) is 49.3 Å². The molecule has 1 atom stereocenters. The average molecular weight is 212 g/mol. The second-order valence-corrected chi connectivity index (χ2v) is 5.52. The fraction of sp³-hybridized carbons (Fsp3) is 1.00. The van der Waals surface area contributed by atoms with Gasteiger partial charge in [0.25, 0.3) is 0 Å². The quantitative estimate of drug-likeness (QED) is 0.745. The summed E-state index contributed by atoms with van der Waals surface area (Å²) in [5.74, 6) is 0. The first kappa shape index (κ1) is 11.4. The summed E-state index contributed by atoms with van der Waals surface area (Å²) in [5, 5.41) is 3.59. The van der Waals surface area contributed by atoms with Gasteiger partial charge in [0.1, 0.15) is 0 Å². The lowest BCUT2D eigenvalue weighted by atomic mass is 9.87. The highest BCUT2D eigenvalue weighted by molar-refractivity contribution is 4.95. The van der Waals surface area contributed by atoms with Crippen LogP contribution in [0.4, 0.5) is 0 Å². The molecule has 3 nitrogen and oxygen atoms in total. The summed E-state index contributed by atoms with van der Waals surface area (Å²) in [4.78, 5) is 2.40. The van der Waals surface area contributed by atoms with E-state index in [1.165, 1.54) is 32.4 Å². The van der Waals surface area contributed by atoms with Crippen LogP contribution in [0.3, 0.4) is 0 Å². The van der Waals surface area contributed by atoms with Crippen LogP contribution in [0.15, 0.2) is 0 Å². The molecule has 2 rings (SSSR count). The Bertz CT molecular complexity index is 210. The summed E-state index contributed by atoms with van der Waals surface area (Å²) in [5.41, 5.74) is 0.207. The van der Waals surface area contributed by atoms with Crippen LogP contribution in [0.1, 0.15) is 33.1 Å². The molecule has 0 saturated carbocycles. The van der Waals surface area contributed by atoms with Crippen molar-refractivity contribution in [2.24, 2.45) is 0 Å². The molecule has 88 valence electrons. The van der Waals surface area contributed by atoms with Crippen LogP contribution in [0.5, 0.6) is 0 Å². The molecule has 2 heterocycles. The maximum atomic E-state index is 6.05. The van der Waals surface area contributed by atoms with Gasteiger partial charge in [0.2, 0.25) is 0 Å². The van der Waals surface area contributed by atoms with E-state index in [1.54, 1.807) is 0 Å². The van der Waals surface area contributed by atoms with Gasteiger partial charge in [-0.1, -0.05) is 13.8 Å². The SMILES string of the molecule is CC(C)NC1COC2(CCN(C)CC2)C1. The summed E-state index contributed by atoms with van der Waals surface area (Å²) >= 11 is 0. The van der Waals surface area contributed by atoms with Crippen molar-refractivity contribution >= 4 is 0 Å². The number of piperidine rings is 1. The molecule has 2 fully saturated rings. The molecule has 2 aliphatic heterocycles. The third kappa shape index (κ3) is 2.71. The minimum Gasteiger partial charge on any atom is -0.373 e. The standard InChI is InChI=1S/C12H24N2O/c1-10(2)13-11-8-12(15-9-11)4-6-14(3)7-5-12/h10-11,13H,4-9H2,1-3H3. The molecule has 0 aromatic carbocycles. The zero-order chi connectivity index (χ0) is 10.9. The van der Waals surface area contributed by atoms with Crippen molar-refractivity contribution in [2.75, 3.05) is 26.7 Å². The molecular formula is C12H24N2O. The minimum absolute atomic E-state index is 0.207. The summed E-state index contributed by atoms with van der Waals surface area (Å²) in [6.07, 6.45) is 3.62. The van der Waals surface area contributed by atoms with Gasteiger partial charge in [0, 0.05) is 25.2 Å². The number of hydrogen-bond acceptors (Lipinski definition) is 3. The van der Waals surface area contributed by atoms with Gasteiger partial charge in [-0.3, -0.25) is 0 Å². The van der Waals surface area contributed by atoms with Gasteiger partial charge in [-0.2, -0.15) is 0 Å². The summed E-state index contributed by atoms with van der Waals surface area (Å²) in [7, 11) is 2.20. The Morgan fingerprint density at radius 2 is 2.00 bits per heavy atom. The zero-order valence-electron chi connectivity index (χ0n) is 10.3. The number of hydrogen-bond donors (Lipinski definition) is 1. The average Bonchev–Trinajstić information content (AvgIpc) is 2.54. The number of nitrogens with zero attached hydrogens (tertiary/aromatic N) is 1. The molecule has 0 aromatic rings. The Hall–Kier alpha value is -0.120. The zero-order valence-corrected chi connectivity index (χ0v) is 10.3. The van der Waals surface area contributed by atoms with Gasteiger partial charge in [-0.25, -0.2) is 0 Å². The number of nitrogens with one attached hydrogen (secondary N) is 1. The first-order chi connectivity index (χ1) is 7.10. The van der Waals surface area contributed by atoms with Crippen LogP contribution in [0.25, 0.3) is 0 Å². The lowest BCUT2D eigenvalue weighted by molar-refractivity contribution is -0.0393. The van der Waals surface area contributed by atoms with Crippen LogP contribution in [0.2, 0.25) is 0 Å². The molecule has 15 heavy (non-hydrogen) atoms. The molecule has 1 spiro atoms. The molecular weight excluding hydrogens is 188 g/mol. The van der Waals surface area contributed by atoms with Crippen molar-refractivity contribution in [3.8, 4) is 0 Å². The van der Waals surface area contributed by atoms with Crippen LogP contribution < -0.4 is 5.32 Å². The number of ether oxygens (including phenoxy) is 1. The van der Waals surface area contributed by atoms with E-state index in [0.717, 1.165) is 6.61 Å². The van der Waals surface area contributed by atoms with Crippen molar-refractivity contribution in [3.05, 3.63) is 0 Å². The third-order valence-corrected chi connectivity index (χ3v) is 3.68. The van der Waals surface area contributed by atoms with E-state index in [9.17, 15) is 0 Å². The molecule has 2 saturated heterocycles. The minimum atomic E-state index is 0.207. The van der Waals surface area contributed by atoms with Crippen molar-refractivity contribution in [1.82, 2.24) is 10.2 Å². The van der Waals surface area contributed by atoms with Gasteiger partial charge in [-0.05, 0) is 26.3 Å². The van der Waals surface area contributed by atoms with Gasteiger partial charge in [-0.15, -0.1) is 0 Å². The Morgan fingerprint density at radius 3 is 2.60 bits per heavy atom. The van der Waals surface area contributed by atoms with E-state index in [4.69, 9.17) is 4.74 Å². The predicted molar refractivity (Wildman–Crippen MR) is 62.1 cm³/mol. The molecule has 1 N–H and O–H groups in total. The van der Waals surface area contributed by atoms with Crippen LogP contribution >= 0.6 is 0 Å². The van der Waals surface area contributed by atoms with Crippen molar-refractivity contribution in [1.29, 1.82) is 0 Å². The van der Waals surface area contributed by atoms with E-state index in [0.29, 0.717) is 12.1 Å². The Balaban J connectivity index is 1.85. The van der Waals surface area contributed by atoms with Gasteiger partial charge in [0.15, 0.2) is 0 Å². The fourth-order valence-electron chi connectivity index (χ4n) is 2.80. The third-order valence-electron chi connectivity index (χ3n) is 3.68. The fourth-order valence-corrected chi connectivity index (χ4v) is 2.80. The largest absolute Gasteiger partial charge is 0.373 e. The van der Waals surface area contributed by atoms with Crippen molar-refractivity contribution < 1.29 is 4.74 Å². The van der Waals surface area contributed by atoms with Crippen LogP contribution in [0, 0.1) is 0 Å². The maximum absolute atomic E-state index is 6.05. The summed E-state index contributed by atoms with van der Waals surface area (Å²) in [6.45, 7) is 7.70. The normalized spacial score (nSPS) is 31.6. The monoisotopic (exact) mass is 212 g/mol. The van der Waals surface area contributed by atoms with Crippen LogP contribution in [-0.2, 0) is 4.74 Å². The summed E-state index contributed by atoms with van der Waals surface area (Å²) < 4.78 is 6.05. The van der Waals surface area contributed by atoms with E-state index in [-0.39, 0.29) is 5.60 Å². The summed E-state index contributed by atoms with van der Waals surface area (Å²) in [6, 6.07) is 1.15. The number of likely N-dealkylation sites (tertiary alicyclic amines) is 1. The predicted octanol–water partition coefficient (Wildman–Crippen LogP) is 1.24. The molecule has 0 aromatic heterocycles. The van der Waals surface area contributed by atoms with E-state index < -0.39 is 0 Å². The smallest absolute Gasteiger partial charge is 0.0723 e. The van der Waals surface area contributed by atoms with Crippen molar-refractivity contribution in [3.63, 3.8) is 0 Å². The highest BCUT2D eigenvalue weighted by Gasteiger charge is 2.41. The van der Waals surface area contributed by atoms with Crippen molar-refractivity contribution in [2.45, 2.75) is 50.8 Å². The molecule has 3 heteroatoms. The lowest BCUT2D eigenvalue weighted by Gasteiger charge is -2.37. The first-order valence-corrected chi connectivity index (χ1v) is 6.18. The molecule has 0 radical (unpaired) electrons. The lowest BCUT2D eigenvalue weighted by Crippen LogP contribution is -2.43. The topological polar surface area (TPSA) is 24.5 Å². The van der Waals surface area contributed by atoms with Gasteiger partial charge in [0.05, 0.1) is 12.2 Å². The van der Waals surface area contributed by atoms with Gasteiger partial charge < -0.3 is 15.0 Å². The highest BCUT2D eigenvalue weighted by atomic mass is 16.5. The first-order valence-electron chi connectivity index (χ1n) is 6.18.